The van der Waals surface area contributed by atoms with E-state index in [2.05, 4.69) is 15.2 Å². The van der Waals surface area contributed by atoms with Gasteiger partial charge in [0.2, 0.25) is 0 Å². The Balaban J connectivity index is 1.16. The number of piperidine rings is 3. The lowest BCUT2D eigenvalue weighted by Crippen LogP contribution is -2.52. The second kappa shape index (κ2) is 16.9. The number of rotatable bonds is 14. The molecule has 9 nitrogen and oxygen atoms in total. The zero-order chi connectivity index (χ0) is 35.9. The molecule has 1 unspecified atom stereocenters. The first-order valence-corrected chi connectivity index (χ1v) is 17.7. The maximum absolute atomic E-state index is 15.0. The molecule has 268 valence electrons. The molecule has 7 rings (SSSR count). The van der Waals surface area contributed by atoms with Gasteiger partial charge in [-0.3, -0.25) is 20.0 Å². The van der Waals surface area contributed by atoms with E-state index in [0.717, 1.165) is 31.5 Å². The predicted octanol–water partition coefficient (Wildman–Crippen LogP) is 7.08. The highest BCUT2D eigenvalue weighted by Gasteiger charge is 2.38. The Bertz CT molecular complexity index is 1830. The van der Waals surface area contributed by atoms with Crippen molar-refractivity contribution in [2.75, 3.05) is 33.9 Å². The van der Waals surface area contributed by atoms with E-state index >= 15 is 4.39 Å². The Morgan fingerprint density at radius 3 is 2.35 bits per heavy atom. The molecule has 3 aliphatic heterocycles. The zero-order valence-electron chi connectivity index (χ0n) is 28.4. The second-order valence-electron chi connectivity index (χ2n) is 12.8. The monoisotopic (exact) mass is 735 g/mol. The number of hydrogen-bond donors (Lipinski definition) is 1. The lowest BCUT2D eigenvalue weighted by Gasteiger charge is -2.44. The number of benzene rings is 3. The van der Waals surface area contributed by atoms with Crippen LogP contribution in [-0.2, 0) is 38.4 Å². The van der Waals surface area contributed by atoms with Gasteiger partial charge in [0, 0.05) is 37.5 Å². The van der Waals surface area contributed by atoms with Crippen molar-refractivity contribution in [2.45, 2.75) is 50.5 Å². The third-order valence-corrected chi connectivity index (χ3v) is 10.2. The number of hydrogen-bond acceptors (Lipinski definition) is 9. The Morgan fingerprint density at radius 1 is 0.941 bits per heavy atom. The van der Waals surface area contributed by atoms with Gasteiger partial charge in [0.05, 0.1) is 30.7 Å². The molecule has 3 aromatic carbocycles. The van der Waals surface area contributed by atoms with Crippen LogP contribution in [-0.4, -0.2) is 61.8 Å². The van der Waals surface area contributed by atoms with Crippen molar-refractivity contribution in [1.82, 2.24) is 15.2 Å². The zero-order valence-corrected chi connectivity index (χ0v) is 30.0. The summed E-state index contributed by atoms with van der Waals surface area (Å²) in [7, 11) is 3.07. The number of carbonyl (C=O) groups excluding carboxylic acids is 2. The number of carbonyl (C=O) groups is 2. The molecule has 0 saturated carbocycles. The van der Waals surface area contributed by atoms with Crippen molar-refractivity contribution >= 4 is 35.1 Å². The van der Waals surface area contributed by atoms with Gasteiger partial charge in [0.15, 0.2) is 11.5 Å². The van der Waals surface area contributed by atoms with Gasteiger partial charge in [0.25, 0.3) is 0 Å². The molecular weight excluding hydrogens is 696 g/mol. The van der Waals surface area contributed by atoms with Crippen LogP contribution < -0.4 is 14.8 Å². The number of esters is 2. The van der Waals surface area contributed by atoms with E-state index in [1.54, 1.807) is 43.5 Å². The molecule has 4 aromatic rings. The summed E-state index contributed by atoms with van der Waals surface area (Å²) in [5.74, 6) is -0.149. The van der Waals surface area contributed by atoms with Crippen LogP contribution in [0.4, 0.5) is 4.39 Å². The van der Waals surface area contributed by atoms with Crippen molar-refractivity contribution in [2.24, 2.45) is 5.92 Å². The van der Waals surface area contributed by atoms with E-state index < -0.39 is 29.9 Å². The second-order valence-corrected chi connectivity index (χ2v) is 13.6. The van der Waals surface area contributed by atoms with Crippen LogP contribution in [0.5, 0.6) is 11.5 Å². The third-order valence-electron chi connectivity index (χ3n) is 9.56. The van der Waals surface area contributed by atoms with Crippen LogP contribution in [0.25, 0.3) is 0 Å². The first kappa shape index (κ1) is 36.6. The smallest absolute Gasteiger partial charge is 0.328 e. The van der Waals surface area contributed by atoms with Gasteiger partial charge >= 0.3 is 11.9 Å². The molecule has 12 heteroatoms. The number of nitrogens with zero attached hydrogens (tertiary/aromatic N) is 2. The van der Waals surface area contributed by atoms with Crippen molar-refractivity contribution < 1.29 is 32.9 Å². The van der Waals surface area contributed by atoms with E-state index in [0.29, 0.717) is 50.7 Å². The largest absolute Gasteiger partial charge is 0.493 e. The maximum atomic E-state index is 15.0. The summed E-state index contributed by atoms with van der Waals surface area (Å²) in [4.78, 5) is 33.4. The number of nitrogens with one attached hydrogen (secondary N) is 1. The number of aromatic nitrogens is 1. The van der Waals surface area contributed by atoms with E-state index in [9.17, 15) is 9.59 Å². The summed E-state index contributed by atoms with van der Waals surface area (Å²) in [5.41, 5.74) is 2.96. The van der Waals surface area contributed by atoms with Crippen LogP contribution in [0.1, 0.15) is 52.8 Å². The molecule has 51 heavy (non-hydrogen) atoms. The van der Waals surface area contributed by atoms with Crippen LogP contribution >= 0.6 is 23.2 Å². The summed E-state index contributed by atoms with van der Waals surface area (Å²) >= 11 is 12.9. The number of fused-ring (bicyclic) bond motifs is 3. The Hall–Kier alpha value is -4.22. The molecule has 3 fully saturated rings. The number of halogens is 3. The lowest BCUT2D eigenvalue weighted by atomic mass is 9.86. The van der Waals surface area contributed by atoms with Crippen LogP contribution in [0, 0.1) is 11.7 Å². The Labute approximate surface area is 307 Å². The topological polar surface area (TPSA) is 99.2 Å². The van der Waals surface area contributed by atoms with Gasteiger partial charge in [-0.05, 0) is 72.3 Å². The molecule has 3 saturated heterocycles. The minimum atomic E-state index is -1.01. The van der Waals surface area contributed by atoms with E-state index in [4.69, 9.17) is 42.1 Å². The minimum absolute atomic E-state index is 0.0339. The van der Waals surface area contributed by atoms with Gasteiger partial charge in [0.1, 0.15) is 24.1 Å². The minimum Gasteiger partial charge on any atom is -0.493 e. The normalized spacial score (nSPS) is 19.2. The Kier molecular flexibility index (Phi) is 12.1. The Morgan fingerprint density at radius 2 is 1.67 bits per heavy atom. The highest BCUT2D eigenvalue weighted by Crippen LogP contribution is 2.36. The quantitative estimate of drug-likeness (QED) is 0.136. The molecule has 2 bridgehead atoms. The van der Waals surface area contributed by atoms with Crippen LogP contribution in [0.2, 0.25) is 10.0 Å². The van der Waals surface area contributed by atoms with Crippen molar-refractivity contribution in [3.63, 3.8) is 0 Å². The fraction of sp³-hybridized carbons (Fsp3) is 0.359. The maximum Gasteiger partial charge on any atom is 0.328 e. The van der Waals surface area contributed by atoms with Crippen molar-refractivity contribution in [3.8, 4) is 11.5 Å². The van der Waals surface area contributed by atoms with Gasteiger partial charge < -0.3 is 18.9 Å². The molecule has 4 heterocycles. The first-order valence-electron chi connectivity index (χ1n) is 16.9. The van der Waals surface area contributed by atoms with E-state index in [-0.39, 0.29) is 31.1 Å². The fourth-order valence-electron chi connectivity index (χ4n) is 6.83. The van der Waals surface area contributed by atoms with Crippen molar-refractivity contribution in [3.05, 3.63) is 123 Å². The lowest BCUT2D eigenvalue weighted by molar-refractivity contribution is -0.161. The van der Waals surface area contributed by atoms with Crippen molar-refractivity contribution in [1.29, 1.82) is 0 Å². The molecule has 1 aromatic heterocycles. The van der Waals surface area contributed by atoms with Gasteiger partial charge in [-0.2, -0.15) is 0 Å². The highest BCUT2D eigenvalue weighted by molar-refractivity contribution is 6.35. The standard InChI is InChI=1S/C39H40Cl2FN3O6/c1-48-33-11-10-27(18-35(33)49-2)34(19-29-30(40)21-43-22-31(29)41)50-37(46)17-24-6-5-7-25(16-24)20-44-38(28-8-3-4-9-32(28)42)39(47)51-36-23-45-14-12-26(36)13-15-45/h3-11,16,18,21-22,26,34,36,38,44H,12-15,17,19-20,23H2,1-2H3/t34-,36-,38?/m0/s1. The summed E-state index contributed by atoms with van der Waals surface area (Å²) < 4.78 is 38.0. The SMILES string of the molecule is COc1ccc([C@H](Cc2c(Cl)cncc2Cl)OC(=O)Cc2cccc(CNC(C(=O)O[C@H]3CN4CCC3CC4)c3ccccc3F)c2)cc1OC. The van der Waals surface area contributed by atoms with E-state index in [1.165, 1.54) is 25.6 Å². The fourth-order valence-corrected chi connectivity index (χ4v) is 7.35. The average molecular weight is 737 g/mol. The van der Waals surface area contributed by atoms with Gasteiger partial charge in [-0.1, -0.05) is 71.7 Å². The number of ether oxygens (including phenoxy) is 4. The molecule has 0 spiro atoms. The molecular formula is C39H40Cl2FN3O6. The predicted molar refractivity (Wildman–Crippen MR) is 192 cm³/mol. The summed E-state index contributed by atoms with van der Waals surface area (Å²) in [6.45, 7) is 2.96. The molecule has 3 aliphatic rings. The molecule has 1 N–H and O–H groups in total. The van der Waals surface area contributed by atoms with Crippen LogP contribution in [0.15, 0.2) is 79.1 Å². The summed E-state index contributed by atoms with van der Waals surface area (Å²) in [6.07, 6.45) is 4.15. The van der Waals surface area contributed by atoms with E-state index in [1.807, 2.05) is 24.3 Å². The third kappa shape index (κ3) is 8.99. The number of methoxy groups -OCH3 is 2. The molecule has 3 atom stereocenters. The molecule has 0 aliphatic carbocycles. The van der Waals surface area contributed by atoms with Gasteiger partial charge in [-0.15, -0.1) is 0 Å². The molecule has 0 radical (unpaired) electrons. The first-order chi connectivity index (χ1) is 24.7. The molecule has 0 amide bonds. The van der Waals surface area contributed by atoms with Crippen LogP contribution in [0.3, 0.4) is 0 Å². The average Bonchev–Trinajstić information content (AvgIpc) is 3.14. The van der Waals surface area contributed by atoms with Gasteiger partial charge in [-0.25, -0.2) is 9.18 Å². The highest BCUT2D eigenvalue weighted by atomic mass is 35.5. The number of pyridine rings is 1. The summed E-state index contributed by atoms with van der Waals surface area (Å²) in [5, 5.41) is 3.93. The summed E-state index contributed by atoms with van der Waals surface area (Å²) in [6, 6.07) is 17.9.